The Hall–Kier alpha value is -2.50. The quantitative estimate of drug-likeness (QED) is 0.627. The smallest absolute Gasteiger partial charge is 0.264 e. The first kappa shape index (κ1) is 9.44. The summed E-state index contributed by atoms with van der Waals surface area (Å²) in [6.45, 7) is -0.423. The van der Waals surface area contributed by atoms with E-state index in [1.165, 1.54) is 0 Å². The van der Waals surface area contributed by atoms with Crippen LogP contribution in [-0.4, -0.2) is 21.1 Å². The molecule has 108 valence electrons. The van der Waals surface area contributed by atoms with Crippen molar-refractivity contribution in [2.45, 2.75) is 32.2 Å². The number of ketones is 2. The molecule has 0 saturated heterocycles. The lowest BCUT2D eigenvalue weighted by molar-refractivity contribution is -0.132. The molecule has 2 unspecified atom stereocenters. The maximum Gasteiger partial charge on any atom is 0.264 e. The van der Waals surface area contributed by atoms with Crippen molar-refractivity contribution < 1.29 is 15.1 Å². The number of Topliss-reactive ketones (excluding diaryl/α,β-unsaturated/α-hetero) is 2. The largest absolute Gasteiger partial charge is 0.398 e. The zero-order valence-electron chi connectivity index (χ0n) is 15.0. The summed E-state index contributed by atoms with van der Waals surface area (Å²) in [5.41, 5.74) is 4.90. The Balaban J connectivity index is 2.33. The summed E-state index contributed by atoms with van der Waals surface area (Å²) in [6, 6.07) is -0.290. The first-order valence-electron chi connectivity index (χ1n) is 8.62. The van der Waals surface area contributed by atoms with Gasteiger partial charge in [-0.05, 0) is 25.4 Å². The van der Waals surface area contributed by atoms with Crippen molar-refractivity contribution in [3.63, 3.8) is 0 Å². The number of hydrogen-bond acceptors (Lipinski definition) is 5. The maximum absolute atomic E-state index is 13.0. The SMILES string of the molecule is [2H]Cc1nc2c([2H])cc([2H])c(N)c2c(=O)n1C1CC([2H])C(=O)CC1=O. The molecule has 1 saturated carbocycles. The average molecular weight is 289 g/mol. The predicted molar refractivity (Wildman–Crippen MR) is 78.1 cm³/mol. The van der Waals surface area contributed by atoms with E-state index in [4.69, 9.17) is 11.2 Å². The van der Waals surface area contributed by atoms with Crippen molar-refractivity contribution in [3.8, 4) is 0 Å². The molecule has 6 heteroatoms. The fourth-order valence-electron chi connectivity index (χ4n) is 2.49. The number of benzene rings is 1. The van der Waals surface area contributed by atoms with Crippen molar-refractivity contribution in [2.24, 2.45) is 0 Å². The van der Waals surface area contributed by atoms with Crippen molar-refractivity contribution in [1.29, 1.82) is 0 Å². The molecular formula is C15H15N3O3. The van der Waals surface area contributed by atoms with Gasteiger partial charge in [0.15, 0.2) is 5.78 Å². The highest BCUT2D eigenvalue weighted by atomic mass is 16.2. The van der Waals surface area contributed by atoms with Gasteiger partial charge in [-0.15, -0.1) is 0 Å². The minimum absolute atomic E-state index is 0.0289. The molecule has 6 nitrogen and oxygen atoms in total. The summed E-state index contributed by atoms with van der Waals surface area (Å²) < 4.78 is 32.0. The van der Waals surface area contributed by atoms with E-state index < -0.39 is 42.9 Å². The Bertz CT molecular complexity index is 973. The fourth-order valence-corrected chi connectivity index (χ4v) is 2.49. The number of rotatable bonds is 1. The topological polar surface area (TPSA) is 95.0 Å². The second-order valence-electron chi connectivity index (χ2n) is 4.84. The summed E-state index contributed by atoms with van der Waals surface area (Å²) >= 11 is 0. The van der Waals surface area contributed by atoms with Crippen LogP contribution in [0.1, 0.15) is 36.6 Å². The number of nitrogen functional groups attached to an aromatic ring is 1. The number of aromatic nitrogens is 2. The van der Waals surface area contributed by atoms with Gasteiger partial charge in [-0.2, -0.15) is 0 Å². The van der Waals surface area contributed by atoms with Gasteiger partial charge < -0.3 is 5.73 Å². The summed E-state index contributed by atoms with van der Waals surface area (Å²) in [6.07, 6.45) is -1.75. The second kappa shape index (κ2) is 4.80. The monoisotopic (exact) mass is 289 g/mol. The van der Waals surface area contributed by atoms with Crippen LogP contribution in [0.15, 0.2) is 22.9 Å². The van der Waals surface area contributed by atoms with Gasteiger partial charge in [0.25, 0.3) is 5.56 Å². The molecule has 0 spiro atoms. The Morgan fingerprint density at radius 1 is 1.48 bits per heavy atom. The van der Waals surface area contributed by atoms with Crippen LogP contribution >= 0.6 is 0 Å². The Morgan fingerprint density at radius 2 is 2.29 bits per heavy atom. The molecule has 1 aromatic carbocycles. The van der Waals surface area contributed by atoms with Crippen LogP contribution in [0.2, 0.25) is 0 Å². The third kappa shape index (κ3) is 2.12. The van der Waals surface area contributed by atoms with Crippen LogP contribution in [-0.2, 0) is 9.59 Å². The van der Waals surface area contributed by atoms with E-state index in [2.05, 4.69) is 4.98 Å². The zero-order valence-corrected chi connectivity index (χ0v) is 11.0. The predicted octanol–water partition coefficient (Wildman–Crippen LogP) is 1.15. The Kier molecular flexibility index (Phi) is 2.16. The highest BCUT2D eigenvalue weighted by Gasteiger charge is 2.30. The number of nitrogens with two attached hydrogens (primary N) is 1. The number of fused-ring (bicyclic) bond motifs is 1. The van der Waals surface area contributed by atoms with Crippen molar-refractivity contribution in [2.75, 3.05) is 5.73 Å². The first-order valence-corrected chi connectivity index (χ1v) is 6.34. The van der Waals surface area contributed by atoms with E-state index in [0.29, 0.717) is 0 Å². The Labute approximate surface area is 126 Å². The normalized spacial score (nSPS) is 25.3. The number of aryl methyl sites for hydroxylation is 1. The van der Waals surface area contributed by atoms with Crippen molar-refractivity contribution in [3.05, 3.63) is 34.3 Å². The summed E-state index contributed by atoms with van der Waals surface area (Å²) in [4.78, 5) is 40.9. The summed E-state index contributed by atoms with van der Waals surface area (Å²) in [7, 11) is 0. The molecule has 1 aliphatic carbocycles. The van der Waals surface area contributed by atoms with Gasteiger partial charge in [0.2, 0.25) is 0 Å². The Morgan fingerprint density at radius 3 is 3.05 bits per heavy atom. The third-order valence-corrected chi connectivity index (χ3v) is 3.49. The molecule has 1 aromatic heterocycles. The molecular weight excluding hydrogens is 270 g/mol. The van der Waals surface area contributed by atoms with Crippen LogP contribution in [0.4, 0.5) is 5.69 Å². The lowest BCUT2D eigenvalue weighted by Crippen LogP contribution is -2.36. The minimum Gasteiger partial charge on any atom is -0.398 e. The molecule has 2 atom stereocenters. The highest BCUT2D eigenvalue weighted by Crippen LogP contribution is 2.24. The second-order valence-corrected chi connectivity index (χ2v) is 4.84. The van der Waals surface area contributed by atoms with Crippen molar-refractivity contribution >= 4 is 28.2 Å². The number of carbonyl (C=O) groups is 2. The molecule has 0 radical (unpaired) electrons. The van der Waals surface area contributed by atoms with Gasteiger partial charge in [0.05, 0.1) is 26.1 Å². The summed E-state index contributed by atoms with van der Waals surface area (Å²) in [5.74, 6) is -1.06. The van der Waals surface area contributed by atoms with E-state index >= 15 is 0 Å². The van der Waals surface area contributed by atoms with Crippen molar-refractivity contribution in [1.82, 2.24) is 9.55 Å². The zero-order chi connectivity index (χ0) is 18.5. The van der Waals surface area contributed by atoms with E-state index in [1.54, 1.807) is 0 Å². The lowest BCUT2D eigenvalue weighted by atomic mass is 9.92. The van der Waals surface area contributed by atoms with Crippen LogP contribution in [0.3, 0.4) is 0 Å². The average Bonchev–Trinajstić information content (AvgIpc) is 2.55. The van der Waals surface area contributed by atoms with E-state index in [0.717, 1.165) is 10.6 Å². The van der Waals surface area contributed by atoms with Gasteiger partial charge in [0.1, 0.15) is 11.6 Å². The molecule has 1 heterocycles. The molecule has 0 bridgehead atoms. The van der Waals surface area contributed by atoms with Gasteiger partial charge in [-0.1, -0.05) is 6.07 Å². The molecule has 2 N–H and O–H groups in total. The van der Waals surface area contributed by atoms with Gasteiger partial charge in [-0.3, -0.25) is 19.0 Å². The molecule has 2 aromatic rings. The van der Waals surface area contributed by atoms with Gasteiger partial charge in [0, 0.05) is 14.8 Å². The summed E-state index contributed by atoms with van der Waals surface area (Å²) in [5, 5.41) is -0.152. The third-order valence-electron chi connectivity index (χ3n) is 3.49. The van der Waals surface area contributed by atoms with Crippen LogP contribution in [0.25, 0.3) is 10.9 Å². The van der Waals surface area contributed by atoms with Crippen LogP contribution in [0, 0.1) is 6.90 Å². The lowest BCUT2D eigenvalue weighted by Gasteiger charge is -2.24. The number of anilines is 1. The van der Waals surface area contributed by atoms with E-state index in [1.807, 2.05) is 0 Å². The van der Waals surface area contributed by atoms with Crippen LogP contribution in [0.5, 0.6) is 0 Å². The van der Waals surface area contributed by atoms with E-state index in [-0.39, 0.29) is 40.9 Å². The standard InChI is InChI=1S/C15H15N3O3/c1-8-17-11-4-2-3-10(16)14(11)15(21)18(8)12-6-5-9(19)7-13(12)20/h2-4,12H,5-7,16H2,1H3/i1D,3D,4D,5D. The maximum atomic E-state index is 13.0. The molecule has 3 rings (SSSR count). The minimum atomic E-state index is -1.13. The van der Waals surface area contributed by atoms with Crippen LogP contribution < -0.4 is 11.3 Å². The molecule has 21 heavy (non-hydrogen) atoms. The molecule has 0 aliphatic heterocycles. The number of carbonyl (C=O) groups excluding carboxylic acids is 2. The first-order chi connectivity index (χ1) is 11.8. The number of nitrogens with zero attached hydrogens (tertiary/aromatic N) is 2. The van der Waals surface area contributed by atoms with Gasteiger partial charge in [-0.25, -0.2) is 4.98 Å². The van der Waals surface area contributed by atoms with Gasteiger partial charge >= 0.3 is 0 Å². The van der Waals surface area contributed by atoms with E-state index in [9.17, 15) is 14.4 Å². The molecule has 1 fully saturated rings. The fraction of sp³-hybridized carbons (Fsp3) is 0.333. The molecule has 1 aliphatic rings. The highest BCUT2D eigenvalue weighted by molar-refractivity contribution is 6.03. The number of hydrogen-bond donors (Lipinski definition) is 1. The molecule has 0 amide bonds.